The molecule has 1 rings (SSSR count). The van der Waals surface area contributed by atoms with Crippen molar-refractivity contribution in [1.82, 2.24) is 0 Å². The van der Waals surface area contributed by atoms with E-state index in [4.69, 9.17) is 0 Å². The number of hydrogen-bond donors (Lipinski definition) is 0. The highest BCUT2D eigenvalue weighted by Crippen LogP contribution is 2.35. The largest absolute Gasteiger partial charge is 0.472 e. The standard InChI is InChI=1S/C15H6F12N2O4/c1-5-4-6(28(8(30)12(16,17)18)9(31)13(19,20)21)2-3-7(5)29(10(32)14(22,23)24)11(33)15(25,26)27/h2-4H,1H3. The van der Waals surface area contributed by atoms with Crippen LogP contribution in [0.25, 0.3) is 0 Å². The summed E-state index contributed by atoms with van der Waals surface area (Å²) in [5.41, 5.74) is -4.25. The van der Waals surface area contributed by atoms with Crippen LogP contribution in [0.5, 0.6) is 0 Å². The minimum atomic E-state index is -6.07. The fraction of sp³-hybridized carbons (Fsp3) is 0.333. The third-order valence-corrected chi connectivity index (χ3v) is 3.46. The highest BCUT2D eigenvalue weighted by atomic mass is 19.4. The molecule has 184 valence electrons. The summed E-state index contributed by atoms with van der Waals surface area (Å²) < 4.78 is 152. The molecule has 0 atom stereocenters. The molecule has 0 bridgehead atoms. The SMILES string of the molecule is Cc1cc(N(C(=O)C(F)(F)F)C(=O)C(F)(F)F)ccc1N(C(=O)C(F)(F)F)C(=O)C(F)(F)F. The number of amides is 4. The predicted octanol–water partition coefficient (Wildman–Crippen LogP) is 3.96. The second-order valence-electron chi connectivity index (χ2n) is 5.85. The summed E-state index contributed by atoms with van der Waals surface area (Å²) in [5.74, 6) is -13.6. The summed E-state index contributed by atoms with van der Waals surface area (Å²) in [7, 11) is 0. The minimum Gasteiger partial charge on any atom is -0.263 e. The lowest BCUT2D eigenvalue weighted by molar-refractivity contribution is -0.182. The monoisotopic (exact) mass is 506 g/mol. The van der Waals surface area contributed by atoms with Gasteiger partial charge in [-0.15, -0.1) is 0 Å². The Hall–Kier alpha value is -3.34. The summed E-state index contributed by atoms with van der Waals surface area (Å²) >= 11 is 0. The van der Waals surface area contributed by atoms with E-state index >= 15 is 0 Å². The molecule has 0 aliphatic carbocycles. The smallest absolute Gasteiger partial charge is 0.263 e. The minimum absolute atomic E-state index is 0.0388. The Morgan fingerprint density at radius 1 is 0.576 bits per heavy atom. The van der Waals surface area contributed by atoms with Crippen LogP contribution in [0.1, 0.15) is 5.56 Å². The van der Waals surface area contributed by atoms with Crippen LogP contribution >= 0.6 is 0 Å². The zero-order valence-electron chi connectivity index (χ0n) is 15.3. The van der Waals surface area contributed by atoms with Gasteiger partial charge in [-0.3, -0.25) is 19.2 Å². The van der Waals surface area contributed by atoms with Gasteiger partial charge in [0.25, 0.3) is 0 Å². The summed E-state index contributed by atoms with van der Waals surface area (Å²) in [4.78, 5) is 42.5. The van der Waals surface area contributed by atoms with E-state index in [0.717, 1.165) is 0 Å². The molecule has 0 spiro atoms. The van der Waals surface area contributed by atoms with Gasteiger partial charge in [0.05, 0.1) is 11.4 Å². The predicted molar refractivity (Wildman–Crippen MR) is 80.4 cm³/mol. The van der Waals surface area contributed by atoms with Crippen molar-refractivity contribution in [3.63, 3.8) is 0 Å². The maximum atomic E-state index is 12.7. The van der Waals surface area contributed by atoms with Crippen LogP contribution in [-0.4, -0.2) is 48.3 Å². The molecule has 0 saturated heterocycles. The molecule has 4 amide bonds. The number of aryl methyl sites for hydroxylation is 1. The molecule has 0 aliphatic heterocycles. The number of anilines is 2. The van der Waals surface area contributed by atoms with Gasteiger partial charge in [0.1, 0.15) is 0 Å². The number of nitrogens with zero attached hydrogens (tertiary/aromatic N) is 2. The average Bonchev–Trinajstić information content (AvgIpc) is 2.60. The Balaban J connectivity index is 3.74. The lowest BCUT2D eigenvalue weighted by atomic mass is 10.1. The van der Waals surface area contributed by atoms with Crippen LogP contribution in [0.2, 0.25) is 0 Å². The lowest BCUT2D eigenvalue weighted by Crippen LogP contribution is -2.51. The van der Waals surface area contributed by atoms with Gasteiger partial charge >= 0.3 is 48.3 Å². The molecular weight excluding hydrogens is 500 g/mol. The van der Waals surface area contributed by atoms with Gasteiger partial charge in [0, 0.05) is 0 Å². The van der Waals surface area contributed by atoms with Crippen molar-refractivity contribution >= 4 is 35.0 Å². The number of carbonyl (C=O) groups excluding carboxylic acids is 4. The van der Waals surface area contributed by atoms with Gasteiger partial charge in [0.2, 0.25) is 0 Å². The van der Waals surface area contributed by atoms with Crippen LogP contribution in [0, 0.1) is 6.92 Å². The Morgan fingerprint density at radius 2 is 0.879 bits per heavy atom. The average molecular weight is 506 g/mol. The second-order valence-corrected chi connectivity index (χ2v) is 5.85. The number of benzene rings is 1. The molecular formula is C15H6F12N2O4. The molecule has 0 aliphatic rings. The third kappa shape index (κ3) is 6.13. The molecule has 0 fully saturated rings. The fourth-order valence-electron chi connectivity index (χ4n) is 2.17. The normalized spacial score (nSPS) is 12.9. The first-order chi connectivity index (χ1) is 14.5. The van der Waals surface area contributed by atoms with E-state index in [0.29, 0.717) is 6.92 Å². The fourth-order valence-corrected chi connectivity index (χ4v) is 2.17. The van der Waals surface area contributed by atoms with E-state index in [9.17, 15) is 71.9 Å². The molecule has 33 heavy (non-hydrogen) atoms. The van der Waals surface area contributed by atoms with Crippen molar-refractivity contribution in [2.24, 2.45) is 0 Å². The Bertz CT molecular complexity index is 923. The van der Waals surface area contributed by atoms with E-state index < -0.39 is 75.1 Å². The quantitative estimate of drug-likeness (QED) is 0.570. The summed E-state index contributed by atoms with van der Waals surface area (Å²) in [6.45, 7) is 0.480. The first-order valence-corrected chi connectivity index (χ1v) is 7.66. The number of rotatable bonds is 2. The van der Waals surface area contributed by atoms with E-state index in [1.54, 1.807) is 0 Å². The molecule has 0 unspecified atom stereocenters. The van der Waals surface area contributed by atoms with Gasteiger partial charge in [-0.1, -0.05) is 0 Å². The molecule has 0 N–H and O–H groups in total. The molecule has 1 aromatic rings. The number of alkyl halides is 12. The zero-order valence-corrected chi connectivity index (χ0v) is 15.3. The van der Waals surface area contributed by atoms with Crippen molar-refractivity contribution in [3.8, 4) is 0 Å². The molecule has 6 nitrogen and oxygen atoms in total. The topological polar surface area (TPSA) is 74.8 Å². The third-order valence-electron chi connectivity index (χ3n) is 3.46. The molecule has 0 radical (unpaired) electrons. The molecule has 0 heterocycles. The van der Waals surface area contributed by atoms with Crippen LogP contribution < -0.4 is 9.80 Å². The first-order valence-electron chi connectivity index (χ1n) is 7.66. The highest BCUT2D eigenvalue weighted by Gasteiger charge is 2.54. The van der Waals surface area contributed by atoms with Gasteiger partial charge in [-0.05, 0) is 30.7 Å². The number of carbonyl (C=O) groups is 4. The van der Waals surface area contributed by atoms with Gasteiger partial charge in [0.15, 0.2) is 0 Å². The Labute approximate surface area is 173 Å². The van der Waals surface area contributed by atoms with Crippen molar-refractivity contribution in [1.29, 1.82) is 0 Å². The van der Waals surface area contributed by atoms with Crippen molar-refractivity contribution < 1.29 is 71.9 Å². The van der Waals surface area contributed by atoms with Crippen molar-refractivity contribution in [2.75, 3.05) is 9.80 Å². The van der Waals surface area contributed by atoms with Crippen LogP contribution in [-0.2, 0) is 19.2 Å². The van der Waals surface area contributed by atoms with Crippen LogP contribution in [0.3, 0.4) is 0 Å². The van der Waals surface area contributed by atoms with Crippen molar-refractivity contribution in [3.05, 3.63) is 23.8 Å². The highest BCUT2D eigenvalue weighted by molar-refractivity contribution is 6.20. The van der Waals surface area contributed by atoms with E-state index in [1.165, 1.54) is 0 Å². The molecule has 18 heteroatoms. The zero-order chi connectivity index (χ0) is 26.3. The molecule has 0 saturated carbocycles. The first kappa shape index (κ1) is 27.7. The summed E-state index contributed by atoms with van der Waals surface area (Å²) in [5, 5.41) is 0. The van der Waals surface area contributed by atoms with Gasteiger partial charge in [-0.2, -0.15) is 52.7 Å². The number of hydrogen-bond acceptors (Lipinski definition) is 4. The lowest BCUT2D eigenvalue weighted by Gasteiger charge is -2.27. The number of imide groups is 2. The Kier molecular flexibility index (Phi) is 7.17. The summed E-state index contributed by atoms with van der Waals surface area (Å²) in [6, 6.07) is -0.225. The van der Waals surface area contributed by atoms with Gasteiger partial charge < -0.3 is 0 Å². The maximum Gasteiger partial charge on any atom is 0.472 e. The second kappa shape index (κ2) is 8.54. The maximum absolute atomic E-state index is 12.7. The van der Waals surface area contributed by atoms with E-state index in [2.05, 4.69) is 0 Å². The van der Waals surface area contributed by atoms with E-state index in [-0.39, 0.29) is 18.2 Å². The molecule has 0 aromatic heterocycles. The van der Waals surface area contributed by atoms with Crippen LogP contribution in [0.15, 0.2) is 18.2 Å². The summed E-state index contributed by atoms with van der Waals surface area (Å²) in [6.07, 6.45) is -24.3. The van der Waals surface area contributed by atoms with E-state index in [1.807, 2.05) is 0 Å². The van der Waals surface area contributed by atoms with Crippen molar-refractivity contribution in [2.45, 2.75) is 31.6 Å². The Morgan fingerprint density at radius 3 is 1.15 bits per heavy atom. The van der Waals surface area contributed by atoms with Gasteiger partial charge in [-0.25, -0.2) is 9.80 Å². The molecule has 1 aromatic carbocycles. The van der Waals surface area contributed by atoms with Crippen LogP contribution in [0.4, 0.5) is 64.1 Å². The number of halogens is 12.